The lowest BCUT2D eigenvalue weighted by Crippen LogP contribution is -2.37. The van der Waals surface area contributed by atoms with Crippen molar-refractivity contribution in [1.82, 2.24) is 10.2 Å². The van der Waals surface area contributed by atoms with Crippen molar-refractivity contribution < 1.29 is 28.5 Å². The van der Waals surface area contributed by atoms with E-state index in [2.05, 4.69) is 5.32 Å². The van der Waals surface area contributed by atoms with E-state index in [1.54, 1.807) is 57.6 Å². The number of likely N-dealkylation sites (tertiary alicyclic amines) is 1. The number of nitrogens with one attached hydrogen (secondary N) is 1. The minimum Gasteiger partial charge on any atom is -0.497 e. The van der Waals surface area contributed by atoms with Crippen LogP contribution in [0.1, 0.15) is 21.8 Å². The lowest BCUT2D eigenvalue weighted by atomic mass is 9.87. The molecule has 1 aliphatic rings. The maximum atomic E-state index is 13.3. The smallest absolute Gasteiger partial charge is 0.254 e. The van der Waals surface area contributed by atoms with Crippen molar-refractivity contribution in [3.63, 3.8) is 0 Å². The van der Waals surface area contributed by atoms with Crippen LogP contribution in [0.25, 0.3) is 0 Å². The molecule has 0 saturated carbocycles. The van der Waals surface area contributed by atoms with Gasteiger partial charge in [-0.25, -0.2) is 0 Å². The standard InChI is InChI=1S/C24H30N2O6/c1-29-12-11-25-23(27)20-15-26(24(28)16-7-5-8-17(13-16)30-2)14-19(20)18-9-6-10-21(31-3)22(18)32-4/h5-10,13,19-20H,11-12,14-15H2,1-4H3,(H,25,27)/t19-,20+/m0/s1. The predicted molar refractivity (Wildman–Crippen MR) is 120 cm³/mol. The van der Waals surface area contributed by atoms with Crippen molar-refractivity contribution in [3.8, 4) is 17.2 Å². The van der Waals surface area contributed by atoms with Crippen LogP contribution in [0.2, 0.25) is 0 Å². The number of carbonyl (C=O) groups excluding carboxylic acids is 2. The highest BCUT2D eigenvalue weighted by Gasteiger charge is 2.42. The van der Waals surface area contributed by atoms with Crippen LogP contribution in [0.3, 0.4) is 0 Å². The number of hydrogen-bond donors (Lipinski definition) is 1. The third-order valence-corrected chi connectivity index (χ3v) is 5.70. The molecule has 1 fully saturated rings. The molecule has 0 bridgehead atoms. The van der Waals surface area contributed by atoms with Crippen molar-refractivity contribution >= 4 is 11.8 Å². The molecule has 1 aliphatic heterocycles. The quantitative estimate of drug-likeness (QED) is 0.600. The molecule has 2 aromatic rings. The minimum atomic E-state index is -0.442. The average Bonchev–Trinajstić information content (AvgIpc) is 3.28. The van der Waals surface area contributed by atoms with Crippen molar-refractivity contribution in [1.29, 1.82) is 0 Å². The van der Waals surface area contributed by atoms with Gasteiger partial charge < -0.3 is 29.2 Å². The SMILES string of the molecule is COCCNC(=O)[C@@H]1CN(C(=O)c2cccc(OC)c2)C[C@H]1c1cccc(OC)c1OC. The van der Waals surface area contributed by atoms with E-state index in [0.29, 0.717) is 49.1 Å². The topological polar surface area (TPSA) is 86.3 Å². The van der Waals surface area contributed by atoms with Crippen LogP contribution in [0, 0.1) is 5.92 Å². The van der Waals surface area contributed by atoms with E-state index in [0.717, 1.165) is 5.56 Å². The number of benzene rings is 2. The predicted octanol–water partition coefficient (Wildman–Crippen LogP) is 2.33. The van der Waals surface area contributed by atoms with Gasteiger partial charge in [0.05, 0.1) is 33.9 Å². The Balaban J connectivity index is 1.92. The first-order chi connectivity index (χ1) is 15.5. The molecule has 1 heterocycles. The molecule has 0 radical (unpaired) electrons. The van der Waals surface area contributed by atoms with Crippen LogP contribution in [0.15, 0.2) is 42.5 Å². The molecule has 2 atom stereocenters. The number of amides is 2. The van der Waals surface area contributed by atoms with Gasteiger partial charge in [0.25, 0.3) is 5.91 Å². The lowest BCUT2D eigenvalue weighted by Gasteiger charge is -2.21. The Morgan fingerprint density at radius 1 is 1.00 bits per heavy atom. The highest BCUT2D eigenvalue weighted by atomic mass is 16.5. The summed E-state index contributed by atoms with van der Waals surface area (Å²) in [5.41, 5.74) is 1.35. The second kappa shape index (κ2) is 10.9. The minimum absolute atomic E-state index is 0.127. The van der Waals surface area contributed by atoms with E-state index in [1.165, 1.54) is 0 Å². The summed E-state index contributed by atoms with van der Waals surface area (Å²) in [6, 6.07) is 12.6. The first-order valence-corrected chi connectivity index (χ1v) is 10.4. The van der Waals surface area contributed by atoms with Crippen LogP contribution in [0.5, 0.6) is 17.2 Å². The third kappa shape index (κ3) is 4.96. The van der Waals surface area contributed by atoms with Crippen molar-refractivity contribution in [3.05, 3.63) is 53.6 Å². The summed E-state index contributed by atoms with van der Waals surface area (Å²) in [5.74, 6) is 0.793. The van der Waals surface area contributed by atoms with Gasteiger partial charge >= 0.3 is 0 Å². The molecular formula is C24H30N2O6. The van der Waals surface area contributed by atoms with Gasteiger partial charge in [-0.1, -0.05) is 18.2 Å². The fourth-order valence-corrected chi connectivity index (χ4v) is 4.10. The second-order valence-electron chi connectivity index (χ2n) is 7.52. The first-order valence-electron chi connectivity index (χ1n) is 10.4. The summed E-state index contributed by atoms with van der Waals surface area (Å²) in [6.45, 7) is 1.48. The van der Waals surface area contributed by atoms with Crippen LogP contribution >= 0.6 is 0 Å². The summed E-state index contributed by atoms with van der Waals surface area (Å²) in [6.07, 6.45) is 0. The van der Waals surface area contributed by atoms with E-state index in [9.17, 15) is 9.59 Å². The normalized spacial score (nSPS) is 17.7. The maximum Gasteiger partial charge on any atom is 0.254 e. The Hall–Kier alpha value is -3.26. The molecule has 3 rings (SSSR count). The molecule has 8 nitrogen and oxygen atoms in total. The first kappa shape index (κ1) is 23.4. The van der Waals surface area contributed by atoms with Gasteiger partial charge in [-0.3, -0.25) is 9.59 Å². The Kier molecular flexibility index (Phi) is 7.94. The van der Waals surface area contributed by atoms with Crippen molar-refractivity contribution in [2.75, 3.05) is 54.7 Å². The summed E-state index contributed by atoms with van der Waals surface area (Å²) >= 11 is 0. The molecule has 1 N–H and O–H groups in total. The number of carbonyl (C=O) groups is 2. The zero-order valence-corrected chi connectivity index (χ0v) is 18.9. The van der Waals surface area contributed by atoms with Gasteiger partial charge in [0.1, 0.15) is 5.75 Å². The number of nitrogens with zero attached hydrogens (tertiary/aromatic N) is 1. The molecule has 8 heteroatoms. The monoisotopic (exact) mass is 442 g/mol. The van der Waals surface area contributed by atoms with E-state index >= 15 is 0 Å². The number of methoxy groups -OCH3 is 4. The number of ether oxygens (including phenoxy) is 4. The molecule has 32 heavy (non-hydrogen) atoms. The van der Waals surface area contributed by atoms with Crippen molar-refractivity contribution in [2.45, 2.75) is 5.92 Å². The molecular weight excluding hydrogens is 412 g/mol. The molecule has 0 unspecified atom stereocenters. The summed E-state index contributed by atoms with van der Waals surface area (Å²) < 4.78 is 21.4. The molecule has 0 aliphatic carbocycles. The molecule has 1 saturated heterocycles. The molecule has 2 aromatic carbocycles. The summed E-state index contributed by atoms with van der Waals surface area (Å²) in [5, 5.41) is 2.91. The van der Waals surface area contributed by atoms with Gasteiger partial charge in [0.15, 0.2) is 11.5 Å². The Labute approximate surface area is 188 Å². The molecule has 0 aromatic heterocycles. The zero-order chi connectivity index (χ0) is 23.1. The number of rotatable bonds is 9. The Morgan fingerprint density at radius 3 is 2.47 bits per heavy atom. The fraction of sp³-hybridized carbons (Fsp3) is 0.417. The summed E-state index contributed by atoms with van der Waals surface area (Å²) in [7, 11) is 6.29. The third-order valence-electron chi connectivity index (χ3n) is 5.70. The van der Waals surface area contributed by atoms with Gasteiger partial charge in [-0.2, -0.15) is 0 Å². The fourth-order valence-electron chi connectivity index (χ4n) is 4.10. The lowest BCUT2D eigenvalue weighted by molar-refractivity contribution is -0.125. The maximum absolute atomic E-state index is 13.3. The Morgan fingerprint density at radius 2 is 1.78 bits per heavy atom. The van der Waals surface area contributed by atoms with Gasteiger partial charge in [-0.05, 0) is 24.3 Å². The molecule has 2 amide bonds. The van der Waals surface area contributed by atoms with E-state index in [4.69, 9.17) is 18.9 Å². The van der Waals surface area contributed by atoms with E-state index in [-0.39, 0.29) is 17.7 Å². The van der Waals surface area contributed by atoms with E-state index < -0.39 is 5.92 Å². The number of para-hydroxylation sites is 1. The van der Waals surface area contributed by atoms with Gasteiger partial charge in [0.2, 0.25) is 5.91 Å². The zero-order valence-electron chi connectivity index (χ0n) is 18.9. The van der Waals surface area contributed by atoms with Gasteiger partial charge in [0, 0.05) is 43.8 Å². The Bertz CT molecular complexity index is 948. The van der Waals surface area contributed by atoms with Gasteiger partial charge in [-0.15, -0.1) is 0 Å². The molecule has 172 valence electrons. The van der Waals surface area contributed by atoms with Crippen LogP contribution in [-0.2, 0) is 9.53 Å². The van der Waals surface area contributed by atoms with Crippen LogP contribution in [-0.4, -0.2) is 71.4 Å². The largest absolute Gasteiger partial charge is 0.497 e. The highest BCUT2D eigenvalue weighted by Crippen LogP contribution is 2.42. The van der Waals surface area contributed by atoms with Crippen LogP contribution in [0.4, 0.5) is 0 Å². The molecule has 0 spiro atoms. The summed E-state index contributed by atoms with van der Waals surface area (Å²) in [4.78, 5) is 28.0. The number of hydrogen-bond acceptors (Lipinski definition) is 6. The average molecular weight is 443 g/mol. The second-order valence-corrected chi connectivity index (χ2v) is 7.52. The highest BCUT2D eigenvalue weighted by molar-refractivity contribution is 5.95. The van der Waals surface area contributed by atoms with E-state index in [1.807, 2.05) is 18.2 Å². The van der Waals surface area contributed by atoms with Crippen LogP contribution < -0.4 is 19.5 Å². The van der Waals surface area contributed by atoms with Crippen molar-refractivity contribution in [2.24, 2.45) is 5.92 Å².